The van der Waals surface area contributed by atoms with Crippen LogP contribution in [0.5, 0.6) is 5.75 Å². The minimum atomic E-state index is -3.89. The molecule has 0 unspecified atom stereocenters. The fourth-order valence-corrected chi connectivity index (χ4v) is 2.95. The van der Waals surface area contributed by atoms with Gasteiger partial charge in [-0.25, -0.2) is 0 Å². The molecule has 0 saturated heterocycles. The van der Waals surface area contributed by atoms with Crippen LogP contribution in [0.1, 0.15) is 63.9 Å². The van der Waals surface area contributed by atoms with Crippen molar-refractivity contribution in [2.75, 3.05) is 12.4 Å². The molecule has 1 aromatic carbocycles. The molecule has 1 aromatic rings. The first kappa shape index (κ1) is 24.6. The summed E-state index contributed by atoms with van der Waals surface area (Å²) in [7, 11) is -3.89. The average molecular weight is 383 g/mol. The quantitative estimate of drug-likeness (QED) is 0.318. The van der Waals surface area contributed by atoms with E-state index in [9.17, 15) is 8.42 Å². The van der Waals surface area contributed by atoms with Gasteiger partial charge in [-0.1, -0.05) is 57.6 Å². The van der Waals surface area contributed by atoms with E-state index in [0.29, 0.717) is 6.42 Å². The topological polar surface area (TPSA) is 63.6 Å². The Morgan fingerprint density at radius 3 is 2.08 bits per heavy atom. The Hall–Kier alpha value is 0.566. The van der Waals surface area contributed by atoms with E-state index in [0.717, 1.165) is 12.2 Å². The van der Waals surface area contributed by atoms with Gasteiger partial charge in [-0.2, -0.15) is 8.42 Å². The van der Waals surface area contributed by atoms with E-state index in [1.165, 1.54) is 50.5 Å². The van der Waals surface area contributed by atoms with Crippen molar-refractivity contribution >= 4 is 61.5 Å². The molecule has 0 spiro atoms. The van der Waals surface area contributed by atoms with Gasteiger partial charge in [0.05, 0.1) is 12.4 Å². The first-order valence-electron chi connectivity index (χ1n) is 8.68. The molecule has 0 aliphatic rings. The number of hydrogen-bond donors (Lipinski definition) is 1. The van der Waals surface area contributed by atoms with E-state index in [1.54, 1.807) is 0 Å². The normalized spacial score (nSPS) is 11.1. The molecule has 24 heavy (non-hydrogen) atoms. The van der Waals surface area contributed by atoms with Crippen molar-refractivity contribution in [3.8, 4) is 5.75 Å². The van der Waals surface area contributed by atoms with Crippen LogP contribution in [0.3, 0.4) is 0 Å². The first-order chi connectivity index (χ1) is 11.0. The molecule has 0 bridgehead atoms. The van der Waals surface area contributed by atoms with Crippen LogP contribution in [0.25, 0.3) is 0 Å². The minimum absolute atomic E-state index is 0. The van der Waals surface area contributed by atoms with E-state index in [1.807, 2.05) is 12.1 Å². The zero-order valence-corrected chi connectivity index (χ0v) is 15.0. The second-order valence-corrected chi connectivity index (χ2v) is 7.58. The average Bonchev–Trinajstić information content (AvgIpc) is 2.51. The van der Waals surface area contributed by atoms with E-state index < -0.39 is 10.1 Å². The van der Waals surface area contributed by atoms with Crippen LogP contribution in [0.15, 0.2) is 24.3 Å². The summed E-state index contributed by atoms with van der Waals surface area (Å²) >= 11 is 0. The van der Waals surface area contributed by atoms with Gasteiger partial charge in [-0.15, -0.1) is 0 Å². The van der Waals surface area contributed by atoms with Crippen molar-refractivity contribution in [1.29, 1.82) is 0 Å². The zero-order valence-electron chi connectivity index (χ0n) is 14.2. The number of unbranched alkanes of at least 4 members (excludes halogenated alkanes) is 6. The second kappa shape index (κ2) is 14.7. The zero-order chi connectivity index (χ0) is 17.0. The summed E-state index contributed by atoms with van der Waals surface area (Å²) < 4.78 is 35.3. The Balaban J connectivity index is 0.00000529. The van der Waals surface area contributed by atoms with Crippen molar-refractivity contribution in [2.45, 2.75) is 64.7 Å². The maximum atomic E-state index is 10.6. The van der Waals surface area contributed by atoms with E-state index in [2.05, 4.69) is 19.1 Å². The summed E-state index contributed by atoms with van der Waals surface area (Å²) in [4.78, 5) is 0. The molecule has 0 atom stereocenters. The molecule has 0 aliphatic carbocycles. The molecule has 134 valence electrons. The standard InChI is InChI=1S/C18H30O4S.K.H/c1-2-3-4-5-6-7-8-10-17-11-13-18(14-12-17)22-15-9-16-23(19,20)21;;/h11-14H,2-10,15-16H2,1H3,(H,19,20,21);;. The van der Waals surface area contributed by atoms with Gasteiger partial charge in [0.25, 0.3) is 10.1 Å². The molecule has 0 aromatic heterocycles. The third-order valence-electron chi connectivity index (χ3n) is 3.81. The third kappa shape index (κ3) is 13.8. The number of hydrogen-bond acceptors (Lipinski definition) is 3. The van der Waals surface area contributed by atoms with Gasteiger partial charge in [0.1, 0.15) is 5.75 Å². The Morgan fingerprint density at radius 1 is 0.917 bits per heavy atom. The van der Waals surface area contributed by atoms with Crippen LogP contribution < -0.4 is 4.74 Å². The summed E-state index contributed by atoms with van der Waals surface area (Å²) in [6, 6.07) is 7.97. The Labute approximate surface area is 189 Å². The van der Waals surface area contributed by atoms with Crippen LogP contribution in [0, 0.1) is 0 Å². The summed E-state index contributed by atoms with van der Waals surface area (Å²) in [5.41, 5.74) is 1.31. The predicted molar refractivity (Wildman–Crippen MR) is 102 cm³/mol. The van der Waals surface area contributed by atoms with Crippen LogP contribution in [0.2, 0.25) is 0 Å². The fraction of sp³-hybridized carbons (Fsp3) is 0.667. The van der Waals surface area contributed by atoms with Gasteiger partial charge in [-0.05, 0) is 37.0 Å². The number of rotatable bonds is 13. The molecular weight excluding hydrogens is 351 g/mol. The SMILES string of the molecule is CCCCCCCCCc1ccc(OCCCS(=O)(=O)O)cc1.[KH]. The van der Waals surface area contributed by atoms with Crippen molar-refractivity contribution in [3.63, 3.8) is 0 Å². The fourth-order valence-electron chi connectivity index (χ4n) is 2.47. The molecule has 4 nitrogen and oxygen atoms in total. The summed E-state index contributed by atoms with van der Waals surface area (Å²) in [5, 5.41) is 0. The summed E-state index contributed by atoms with van der Waals surface area (Å²) in [6.45, 7) is 2.53. The first-order valence-corrected chi connectivity index (χ1v) is 10.3. The van der Waals surface area contributed by atoms with Crippen LogP contribution >= 0.6 is 0 Å². The Bertz CT molecular complexity index is 514. The predicted octanol–water partition coefficient (Wildman–Crippen LogP) is 3.99. The van der Waals surface area contributed by atoms with E-state index >= 15 is 0 Å². The van der Waals surface area contributed by atoms with E-state index in [-0.39, 0.29) is 63.7 Å². The molecular formula is C18H31KO4S. The molecule has 0 heterocycles. The van der Waals surface area contributed by atoms with Crippen molar-refractivity contribution in [2.24, 2.45) is 0 Å². The molecule has 0 saturated carbocycles. The van der Waals surface area contributed by atoms with Crippen LogP contribution in [-0.2, 0) is 16.5 Å². The number of ether oxygens (including phenoxy) is 1. The molecule has 0 radical (unpaired) electrons. The third-order valence-corrected chi connectivity index (χ3v) is 4.61. The van der Waals surface area contributed by atoms with Crippen molar-refractivity contribution in [1.82, 2.24) is 0 Å². The van der Waals surface area contributed by atoms with E-state index in [4.69, 9.17) is 9.29 Å². The Morgan fingerprint density at radius 2 is 1.50 bits per heavy atom. The van der Waals surface area contributed by atoms with Gasteiger partial charge < -0.3 is 4.74 Å². The molecule has 6 heteroatoms. The molecule has 1 N–H and O–H groups in total. The molecule has 0 fully saturated rings. The van der Waals surface area contributed by atoms with Crippen LogP contribution in [0.4, 0.5) is 0 Å². The maximum absolute atomic E-state index is 10.6. The van der Waals surface area contributed by atoms with Crippen LogP contribution in [-0.4, -0.2) is 76.7 Å². The summed E-state index contributed by atoms with van der Waals surface area (Å²) in [5.74, 6) is 0.479. The van der Waals surface area contributed by atoms with Gasteiger partial charge in [0.15, 0.2) is 0 Å². The number of aryl methyl sites for hydroxylation is 1. The van der Waals surface area contributed by atoms with Gasteiger partial charge in [-0.3, -0.25) is 4.55 Å². The molecule has 0 aliphatic heterocycles. The van der Waals surface area contributed by atoms with Crippen molar-refractivity contribution in [3.05, 3.63) is 29.8 Å². The van der Waals surface area contributed by atoms with Gasteiger partial charge >= 0.3 is 51.4 Å². The second-order valence-electron chi connectivity index (χ2n) is 6.00. The van der Waals surface area contributed by atoms with Gasteiger partial charge in [0.2, 0.25) is 0 Å². The summed E-state index contributed by atoms with van der Waals surface area (Å²) in [6.07, 6.45) is 10.6. The molecule has 1 rings (SSSR count). The Kier molecular flexibility index (Phi) is 15.1. The molecule has 0 amide bonds. The monoisotopic (exact) mass is 382 g/mol. The number of benzene rings is 1. The van der Waals surface area contributed by atoms with Gasteiger partial charge in [0, 0.05) is 0 Å². The van der Waals surface area contributed by atoms with Crippen molar-refractivity contribution < 1.29 is 17.7 Å².